The third-order valence-electron chi connectivity index (χ3n) is 2.52. The Hall–Kier alpha value is -2.50. The van der Waals surface area contributed by atoms with Gasteiger partial charge in [0, 0.05) is 18.5 Å². The number of hydrogen-bond donors (Lipinski definition) is 1. The molecule has 6 heteroatoms. The van der Waals surface area contributed by atoms with E-state index in [0.717, 1.165) is 11.3 Å². The van der Waals surface area contributed by atoms with Crippen molar-refractivity contribution in [3.8, 4) is 0 Å². The van der Waals surface area contributed by atoms with Crippen molar-refractivity contribution in [1.82, 2.24) is 9.97 Å². The minimum Gasteiger partial charge on any atom is -0.359 e. The Labute approximate surface area is 104 Å². The zero-order chi connectivity index (χ0) is 13.0. The van der Waals surface area contributed by atoms with Crippen LogP contribution in [0.25, 0.3) is 0 Å². The highest BCUT2D eigenvalue weighted by molar-refractivity contribution is 5.55. The molecule has 0 aromatic carbocycles. The molecule has 0 saturated carbocycles. The van der Waals surface area contributed by atoms with Crippen LogP contribution in [0.2, 0.25) is 0 Å². The van der Waals surface area contributed by atoms with E-state index in [1.54, 1.807) is 6.20 Å². The summed E-state index contributed by atoms with van der Waals surface area (Å²) in [4.78, 5) is 18.5. The zero-order valence-corrected chi connectivity index (χ0v) is 9.83. The molecule has 2 rings (SSSR count). The molecule has 0 radical (unpaired) electrons. The first-order chi connectivity index (χ1) is 8.68. The van der Waals surface area contributed by atoms with Crippen LogP contribution in [0.3, 0.4) is 0 Å². The number of aryl methyl sites for hydroxylation is 1. The molecule has 0 aliphatic rings. The third kappa shape index (κ3) is 2.60. The Balaban J connectivity index is 2.16. The van der Waals surface area contributed by atoms with Crippen molar-refractivity contribution in [3.63, 3.8) is 0 Å². The fraction of sp³-hybridized carbons (Fsp3) is 0.167. The molecule has 0 aliphatic carbocycles. The van der Waals surface area contributed by atoms with Crippen LogP contribution < -0.4 is 5.32 Å². The number of nitrogens with one attached hydrogen (secondary N) is 1. The summed E-state index contributed by atoms with van der Waals surface area (Å²) in [5, 5.41) is 13.7. The van der Waals surface area contributed by atoms with Crippen LogP contribution in [0.5, 0.6) is 0 Å². The summed E-state index contributed by atoms with van der Waals surface area (Å²) >= 11 is 0. The lowest BCUT2D eigenvalue weighted by molar-refractivity contribution is -0.384. The van der Waals surface area contributed by atoms with Gasteiger partial charge in [-0.25, -0.2) is 4.98 Å². The lowest BCUT2D eigenvalue weighted by Gasteiger charge is -2.07. The van der Waals surface area contributed by atoms with Crippen molar-refractivity contribution >= 4 is 11.5 Å². The van der Waals surface area contributed by atoms with Gasteiger partial charge in [-0.1, -0.05) is 6.07 Å². The molecule has 2 heterocycles. The number of nitro groups is 1. The molecule has 1 N–H and O–H groups in total. The van der Waals surface area contributed by atoms with E-state index in [9.17, 15) is 10.1 Å². The highest BCUT2D eigenvalue weighted by Gasteiger charge is 2.13. The van der Waals surface area contributed by atoms with Crippen LogP contribution in [0.1, 0.15) is 11.3 Å². The summed E-state index contributed by atoms with van der Waals surface area (Å²) in [6.45, 7) is 2.35. The predicted molar refractivity (Wildman–Crippen MR) is 67.2 cm³/mol. The quantitative estimate of drug-likeness (QED) is 0.659. The molecule has 0 aliphatic heterocycles. The van der Waals surface area contributed by atoms with Crippen molar-refractivity contribution in [2.45, 2.75) is 13.5 Å². The number of nitrogens with zero attached hydrogens (tertiary/aromatic N) is 3. The Morgan fingerprint density at radius 1 is 1.28 bits per heavy atom. The molecule has 2 aromatic rings. The molecule has 0 spiro atoms. The Kier molecular flexibility index (Phi) is 3.47. The highest BCUT2D eigenvalue weighted by atomic mass is 16.6. The van der Waals surface area contributed by atoms with Crippen LogP contribution >= 0.6 is 0 Å². The van der Waals surface area contributed by atoms with Gasteiger partial charge >= 0.3 is 5.69 Å². The molecule has 0 amide bonds. The van der Waals surface area contributed by atoms with Gasteiger partial charge in [-0.3, -0.25) is 15.1 Å². The monoisotopic (exact) mass is 244 g/mol. The number of anilines is 1. The van der Waals surface area contributed by atoms with Crippen LogP contribution in [0.4, 0.5) is 11.5 Å². The standard InChI is InChI=1S/C12H12N4O2/c1-9-4-2-6-13-10(9)8-15-12-11(16(17)18)5-3-7-14-12/h2-7H,8H2,1H3,(H,14,15). The van der Waals surface area contributed by atoms with Crippen LogP contribution in [-0.4, -0.2) is 14.9 Å². The lowest BCUT2D eigenvalue weighted by atomic mass is 10.2. The van der Waals surface area contributed by atoms with E-state index in [-0.39, 0.29) is 11.5 Å². The molecule has 18 heavy (non-hydrogen) atoms. The summed E-state index contributed by atoms with van der Waals surface area (Å²) < 4.78 is 0. The zero-order valence-electron chi connectivity index (χ0n) is 9.83. The number of pyridine rings is 2. The first-order valence-corrected chi connectivity index (χ1v) is 5.42. The average molecular weight is 244 g/mol. The summed E-state index contributed by atoms with van der Waals surface area (Å²) in [5.74, 6) is 0.257. The summed E-state index contributed by atoms with van der Waals surface area (Å²) in [7, 11) is 0. The van der Waals surface area contributed by atoms with Gasteiger partial charge in [0.1, 0.15) is 0 Å². The molecular formula is C12H12N4O2. The number of hydrogen-bond acceptors (Lipinski definition) is 5. The molecule has 2 aromatic heterocycles. The number of aromatic nitrogens is 2. The van der Waals surface area contributed by atoms with E-state index < -0.39 is 4.92 Å². The van der Waals surface area contributed by atoms with Gasteiger partial charge in [0.2, 0.25) is 5.82 Å². The average Bonchev–Trinajstić information content (AvgIpc) is 2.38. The van der Waals surface area contributed by atoms with Gasteiger partial charge < -0.3 is 5.32 Å². The summed E-state index contributed by atoms with van der Waals surface area (Å²) in [6, 6.07) is 6.74. The van der Waals surface area contributed by atoms with E-state index in [2.05, 4.69) is 15.3 Å². The SMILES string of the molecule is Cc1cccnc1CNc1ncccc1[N+](=O)[O-]. The highest BCUT2D eigenvalue weighted by Crippen LogP contribution is 2.20. The summed E-state index contributed by atoms with van der Waals surface area (Å²) in [5.41, 5.74) is 1.84. The smallest absolute Gasteiger partial charge is 0.311 e. The lowest BCUT2D eigenvalue weighted by Crippen LogP contribution is -2.06. The fourth-order valence-corrected chi connectivity index (χ4v) is 1.55. The van der Waals surface area contributed by atoms with E-state index in [1.807, 2.05) is 19.1 Å². The minimum atomic E-state index is -0.458. The first-order valence-electron chi connectivity index (χ1n) is 5.42. The van der Waals surface area contributed by atoms with Crippen LogP contribution in [-0.2, 0) is 6.54 Å². The van der Waals surface area contributed by atoms with E-state index in [0.29, 0.717) is 6.54 Å². The van der Waals surface area contributed by atoms with Crippen molar-refractivity contribution in [2.75, 3.05) is 5.32 Å². The second kappa shape index (κ2) is 5.22. The Morgan fingerprint density at radius 3 is 2.72 bits per heavy atom. The Bertz CT molecular complexity index is 572. The van der Waals surface area contributed by atoms with Crippen LogP contribution in [0.15, 0.2) is 36.7 Å². The predicted octanol–water partition coefficient (Wildman–Crippen LogP) is 2.31. The van der Waals surface area contributed by atoms with Gasteiger partial charge in [-0.15, -0.1) is 0 Å². The molecular weight excluding hydrogens is 232 g/mol. The van der Waals surface area contributed by atoms with E-state index in [4.69, 9.17) is 0 Å². The largest absolute Gasteiger partial charge is 0.359 e. The van der Waals surface area contributed by atoms with Crippen molar-refractivity contribution in [2.24, 2.45) is 0 Å². The van der Waals surface area contributed by atoms with E-state index >= 15 is 0 Å². The topological polar surface area (TPSA) is 81.0 Å². The molecule has 0 unspecified atom stereocenters. The Morgan fingerprint density at radius 2 is 2.00 bits per heavy atom. The third-order valence-corrected chi connectivity index (χ3v) is 2.52. The molecule has 0 saturated heterocycles. The minimum absolute atomic E-state index is 0.0360. The van der Waals surface area contributed by atoms with Gasteiger partial charge in [0.05, 0.1) is 17.2 Å². The van der Waals surface area contributed by atoms with Gasteiger partial charge in [-0.2, -0.15) is 0 Å². The van der Waals surface area contributed by atoms with Gasteiger partial charge in [0.15, 0.2) is 0 Å². The molecule has 0 atom stereocenters. The maximum Gasteiger partial charge on any atom is 0.311 e. The summed E-state index contributed by atoms with van der Waals surface area (Å²) in [6.07, 6.45) is 3.21. The normalized spacial score (nSPS) is 10.1. The van der Waals surface area contributed by atoms with Crippen molar-refractivity contribution in [3.05, 3.63) is 58.0 Å². The van der Waals surface area contributed by atoms with Crippen LogP contribution in [0, 0.1) is 17.0 Å². The molecule has 0 bridgehead atoms. The number of rotatable bonds is 4. The maximum absolute atomic E-state index is 10.8. The molecule has 6 nitrogen and oxygen atoms in total. The van der Waals surface area contributed by atoms with Crippen molar-refractivity contribution < 1.29 is 4.92 Å². The fourth-order valence-electron chi connectivity index (χ4n) is 1.55. The van der Waals surface area contributed by atoms with Gasteiger partial charge in [0.25, 0.3) is 0 Å². The van der Waals surface area contributed by atoms with Crippen molar-refractivity contribution in [1.29, 1.82) is 0 Å². The van der Waals surface area contributed by atoms with Gasteiger partial charge in [-0.05, 0) is 24.6 Å². The maximum atomic E-state index is 10.8. The second-order valence-electron chi connectivity index (χ2n) is 3.75. The molecule has 0 fully saturated rings. The molecule has 92 valence electrons. The second-order valence-corrected chi connectivity index (χ2v) is 3.75. The first kappa shape index (κ1) is 12.0. The van der Waals surface area contributed by atoms with E-state index in [1.165, 1.54) is 18.3 Å².